The van der Waals surface area contributed by atoms with Gasteiger partial charge in [-0.2, -0.15) is 0 Å². The van der Waals surface area contributed by atoms with Gasteiger partial charge in [0.1, 0.15) is 39.3 Å². The summed E-state index contributed by atoms with van der Waals surface area (Å²) in [4.78, 5) is 3.48. The number of morpholine rings is 2. The first kappa shape index (κ1) is 17.2. The van der Waals surface area contributed by atoms with Gasteiger partial charge in [-0.3, -0.25) is 0 Å². The fourth-order valence-corrected chi connectivity index (χ4v) is 5.78. The molecular formula is C22H34N2O2+2. The third-order valence-corrected chi connectivity index (χ3v) is 7.15. The van der Waals surface area contributed by atoms with Crippen LogP contribution < -0.4 is 9.80 Å². The smallest absolute Gasteiger partial charge is 0.103 e. The molecule has 0 spiro atoms. The second-order valence-corrected chi connectivity index (χ2v) is 8.66. The lowest BCUT2D eigenvalue weighted by Gasteiger charge is -2.29. The fraction of sp³-hybridized carbons (Fsp3) is 0.727. The van der Waals surface area contributed by atoms with Crippen LogP contribution >= 0.6 is 0 Å². The Morgan fingerprint density at radius 3 is 1.23 bits per heavy atom. The molecule has 0 atom stereocenters. The topological polar surface area (TPSA) is 27.3 Å². The predicted octanol–water partition coefficient (Wildman–Crippen LogP) is -0.506. The zero-order valence-corrected chi connectivity index (χ0v) is 16.1. The molecule has 4 nitrogen and oxygen atoms in total. The highest BCUT2D eigenvalue weighted by atomic mass is 16.5. The molecule has 4 heteroatoms. The van der Waals surface area contributed by atoms with E-state index in [-0.39, 0.29) is 0 Å². The summed E-state index contributed by atoms with van der Waals surface area (Å²) in [6.45, 7) is 11.0. The average molecular weight is 359 g/mol. The van der Waals surface area contributed by atoms with Crippen LogP contribution in [0.25, 0.3) is 0 Å². The SMILES string of the molecule is C1Cc2c(c(C[NH+]3CCOCC3)c3c(c2C[NH+]2CCOCC2)CCC3)C1. The lowest BCUT2D eigenvalue weighted by atomic mass is 9.88. The van der Waals surface area contributed by atoms with Crippen molar-refractivity contribution in [2.24, 2.45) is 0 Å². The van der Waals surface area contributed by atoms with Gasteiger partial charge in [-0.05, 0) is 60.8 Å². The van der Waals surface area contributed by atoms with Crippen LogP contribution in [-0.2, 0) is 48.2 Å². The molecule has 5 rings (SSSR count). The molecule has 2 fully saturated rings. The van der Waals surface area contributed by atoms with Crippen molar-refractivity contribution in [3.8, 4) is 0 Å². The lowest BCUT2D eigenvalue weighted by molar-refractivity contribution is -0.921. The predicted molar refractivity (Wildman–Crippen MR) is 101 cm³/mol. The fourth-order valence-electron chi connectivity index (χ4n) is 5.78. The van der Waals surface area contributed by atoms with Gasteiger partial charge in [-0.1, -0.05) is 0 Å². The van der Waals surface area contributed by atoms with Crippen molar-refractivity contribution in [3.63, 3.8) is 0 Å². The molecule has 2 aliphatic carbocycles. The Hall–Kier alpha value is -0.940. The van der Waals surface area contributed by atoms with Crippen molar-refractivity contribution in [1.29, 1.82) is 0 Å². The van der Waals surface area contributed by atoms with Crippen molar-refractivity contribution >= 4 is 0 Å². The third-order valence-electron chi connectivity index (χ3n) is 7.15. The summed E-state index contributed by atoms with van der Waals surface area (Å²) in [5, 5.41) is 0. The quantitative estimate of drug-likeness (QED) is 0.759. The Balaban J connectivity index is 1.49. The molecule has 0 radical (unpaired) electrons. The summed E-state index contributed by atoms with van der Waals surface area (Å²) in [6, 6.07) is 0. The molecule has 2 saturated heterocycles. The minimum atomic E-state index is 0.943. The number of benzene rings is 1. The van der Waals surface area contributed by atoms with E-state index in [0.717, 1.165) is 26.4 Å². The van der Waals surface area contributed by atoms with Gasteiger partial charge in [0.25, 0.3) is 0 Å². The summed E-state index contributed by atoms with van der Waals surface area (Å²) < 4.78 is 11.2. The maximum atomic E-state index is 5.59. The molecule has 1 aromatic rings. The van der Waals surface area contributed by atoms with Crippen LogP contribution in [0, 0.1) is 0 Å². The number of fused-ring (bicyclic) bond motifs is 2. The van der Waals surface area contributed by atoms with E-state index in [9.17, 15) is 0 Å². The van der Waals surface area contributed by atoms with E-state index >= 15 is 0 Å². The minimum absolute atomic E-state index is 0.943. The molecule has 0 amide bonds. The van der Waals surface area contributed by atoms with Crippen LogP contribution in [0.1, 0.15) is 46.2 Å². The van der Waals surface area contributed by atoms with Crippen LogP contribution in [0.2, 0.25) is 0 Å². The van der Waals surface area contributed by atoms with Crippen LogP contribution in [0.3, 0.4) is 0 Å². The molecule has 0 aromatic heterocycles. The Bertz CT molecular complexity index is 571. The van der Waals surface area contributed by atoms with Gasteiger partial charge in [0.15, 0.2) is 0 Å². The molecule has 2 heterocycles. The molecule has 1 aromatic carbocycles. The number of hydrogen-bond donors (Lipinski definition) is 2. The summed E-state index contributed by atoms with van der Waals surface area (Å²) in [7, 11) is 0. The maximum absolute atomic E-state index is 5.59. The minimum Gasteiger partial charge on any atom is -0.370 e. The van der Waals surface area contributed by atoms with E-state index in [1.54, 1.807) is 43.2 Å². The van der Waals surface area contributed by atoms with E-state index in [0.29, 0.717) is 0 Å². The number of hydrogen-bond acceptors (Lipinski definition) is 2. The summed E-state index contributed by atoms with van der Waals surface area (Å²) >= 11 is 0. The molecule has 2 aliphatic heterocycles. The molecule has 26 heavy (non-hydrogen) atoms. The second-order valence-electron chi connectivity index (χ2n) is 8.66. The van der Waals surface area contributed by atoms with Crippen LogP contribution in [0.4, 0.5) is 0 Å². The molecular weight excluding hydrogens is 324 g/mol. The highest BCUT2D eigenvalue weighted by molar-refractivity contribution is 5.55. The van der Waals surface area contributed by atoms with E-state index in [1.807, 2.05) is 0 Å². The number of rotatable bonds is 4. The zero-order valence-electron chi connectivity index (χ0n) is 16.1. The summed E-state index contributed by atoms with van der Waals surface area (Å²) in [5.41, 5.74) is 10.6. The first-order valence-corrected chi connectivity index (χ1v) is 10.9. The number of nitrogens with one attached hydrogen (secondary N) is 2. The van der Waals surface area contributed by atoms with E-state index < -0.39 is 0 Å². The number of ether oxygens (including phenoxy) is 2. The summed E-state index contributed by atoms with van der Waals surface area (Å²) in [6.07, 6.45) is 8.05. The maximum Gasteiger partial charge on any atom is 0.103 e. The monoisotopic (exact) mass is 358 g/mol. The van der Waals surface area contributed by atoms with Crippen LogP contribution in [-0.4, -0.2) is 52.6 Å². The Morgan fingerprint density at radius 2 is 0.885 bits per heavy atom. The van der Waals surface area contributed by atoms with Gasteiger partial charge >= 0.3 is 0 Å². The number of quaternary nitrogens is 2. The van der Waals surface area contributed by atoms with Gasteiger partial charge in [0, 0.05) is 11.1 Å². The first-order chi connectivity index (χ1) is 12.9. The lowest BCUT2D eigenvalue weighted by Crippen LogP contribution is -3.13. The van der Waals surface area contributed by atoms with Crippen LogP contribution in [0.5, 0.6) is 0 Å². The molecule has 142 valence electrons. The zero-order chi connectivity index (χ0) is 17.3. The Labute approximate surface area is 157 Å². The first-order valence-electron chi connectivity index (χ1n) is 10.9. The van der Waals surface area contributed by atoms with Gasteiger partial charge in [-0.25, -0.2) is 0 Å². The van der Waals surface area contributed by atoms with Crippen molar-refractivity contribution in [2.45, 2.75) is 51.6 Å². The molecule has 0 unspecified atom stereocenters. The van der Waals surface area contributed by atoms with E-state index in [1.165, 1.54) is 77.8 Å². The van der Waals surface area contributed by atoms with Gasteiger partial charge in [0.2, 0.25) is 0 Å². The van der Waals surface area contributed by atoms with E-state index in [4.69, 9.17) is 9.47 Å². The molecule has 4 aliphatic rings. The van der Waals surface area contributed by atoms with Crippen molar-refractivity contribution in [2.75, 3.05) is 52.6 Å². The Morgan fingerprint density at radius 1 is 0.538 bits per heavy atom. The largest absolute Gasteiger partial charge is 0.370 e. The van der Waals surface area contributed by atoms with Gasteiger partial charge in [0.05, 0.1) is 26.4 Å². The molecule has 2 N–H and O–H groups in total. The van der Waals surface area contributed by atoms with Crippen molar-refractivity contribution in [3.05, 3.63) is 33.4 Å². The van der Waals surface area contributed by atoms with Gasteiger partial charge < -0.3 is 19.3 Å². The highest BCUT2D eigenvalue weighted by Crippen LogP contribution is 2.38. The van der Waals surface area contributed by atoms with Crippen molar-refractivity contribution < 1.29 is 19.3 Å². The van der Waals surface area contributed by atoms with Crippen LogP contribution in [0.15, 0.2) is 0 Å². The highest BCUT2D eigenvalue weighted by Gasteiger charge is 2.32. The van der Waals surface area contributed by atoms with Gasteiger partial charge in [-0.15, -0.1) is 0 Å². The normalized spacial score (nSPS) is 24.0. The standard InChI is InChI=1S/C22H32N2O2/c1-3-17-18(4-1)22(16-24-9-13-26-14-10-24)20-6-2-5-19(20)21(17)15-23-7-11-25-12-8-23/h1-16H2/p+2. The Kier molecular flexibility index (Phi) is 5.01. The second kappa shape index (κ2) is 7.59. The molecule has 0 bridgehead atoms. The molecule has 0 saturated carbocycles. The van der Waals surface area contributed by atoms with E-state index in [2.05, 4.69) is 0 Å². The third kappa shape index (κ3) is 3.22. The average Bonchev–Trinajstić information content (AvgIpc) is 3.36. The summed E-state index contributed by atoms with van der Waals surface area (Å²) in [5.74, 6) is 0. The van der Waals surface area contributed by atoms with Crippen molar-refractivity contribution in [1.82, 2.24) is 0 Å².